The number of hydrogen-bond donors (Lipinski definition) is 0. The molecule has 1 aliphatic rings. The summed E-state index contributed by atoms with van der Waals surface area (Å²) in [6, 6.07) is 23.5. The van der Waals surface area contributed by atoms with Crippen LogP contribution < -0.4 is 9.47 Å². The molecule has 0 aromatic heterocycles. The van der Waals surface area contributed by atoms with E-state index in [-0.39, 0.29) is 11.7 Å². The van der Waals surface area contributed by atoms with Crippen molar-refractivity contribution in [1.29, 1.82) is 0 Å². The summed E-state index contributed by atoms with van der Waals surface area (Å²) in [5, 5.41) is 0. The van der Waals surface area contributed by atoms with Crippen LogP contribution in [0.2, 0.25) is 0 Å². The Bertz CT molecular complexity index is 1010. The van der Waals surface area contributed by atoms with Crippen LogP contribution in [0, 0.1) is 0 Å². The first kappa shape index (κ1) is 18.1. The highest BCUT2D eigenvalue weighted by molar-refractivity contribution is 6.09. The van der Waals surface area contributed by atoms with Crippen molar-refractivity contribution in [3.05, 3.63) is 101 Å². The summed E-state index contributed by atoms with van der Waals surface area (Å²) in [5.74, 6) is 1.31. The predicted molar refractivity (Wildman–Crippen MR) is 111 cm³/mol. The molecule has 1 aliphatic carbocycles. The lowest BCUT2D eigenvalue weighted by Crippen LogP contribution is -2.19. The number of methoxy groups -OCH3 is 2. The van der Waals surface area contributed by atoms with E-state index in [2.05, 4.69) is 18.2 Å². The van der Waals surface area contributed by atoms with Crippen LogP contribution in [0.3, 0.4) is 0 Å². The Kier molecular flexibility index (Phi) is 4.98. The van der Waals surface area contributed by atoms with E-state index in [4.69, 9.17) is 9.47 Å². The van der Waals surface area contributed by atoms with Crippen LogP contribution in [0.15, 0.2) is 78.9 Å². The fourth-order valence-corrected chi connectivity index (χ4v) is 3.78. The van der Waals surface area contributed by atoms with Gasteiger partial charge in [0.2, 0.25) is 0 Å². The van der Waals surface area contributed by atoms with Gasteiger partial charge in [0, 0.05) is 5.56 Å². The summed E-state index contributed by atoms with van der Waals surface area (Å²) in [7, 11) is 3.28. The minimum atomic E-state index is -0.327. The topological polar surface area (TPSA) is 35.5 Å². The van der Waals surface area contributed by atoms with Crippen molar-refractivity contribution in [2.45, 2.75) is 12.3 Å². The zero-order valence-corrected chi connectivity index (χ0v) is 16.0. The van der Waals surface area contributed by atoms with Crippen LogP contribution in [0.4, 0.5) is 0 Å². The average Bonchev–Trinajstić information content (AvgIpc) is 2.78. The van der Waals surface area contributed by atoms with Gasteiger partial charge in [0.05, 0.1) is 20.1 Å². The molecule has 3 heteroatoms. The van der Waals surface area contributed by atoms with Crippen LogP contribution in [-0.2, 0) is 6.42 Å². The molecule has 1 unspecified atom stereocenters. The molecule has 0 fully saturated rings. The number of Topliss-reactive ketones (excluding diaryl/α,β-unsaturated/α-hetero) is 1. The Morgan fingerprint density at radius 3 is 2.07 bits per heavy atom. The molecule has 3 aromatic rings. The summed E-state index contributed by atoms with van der Waals surface area (Å²) < 4.78 is 10.5. The maximum atomic E-state index is 13.6. The number of carbonyl (C=O) groups excluding carboxylic acids is 1. The molecule has 28 heavy (non-hydrogen) atoms. The number of allylic oxidation sites excluding steroid dienone is 2. The number of benzene rings is 3. The smallest absolute Gasteiger partial charge is 0.174 e. The van der Waals surface area contributed by atoms with Crippen LogP contribution in [0.5, 0.6) is 11.5 Å². The minimum absolute atomic E-state index is 0.0943. The quantitative estimate of drug-likeness (QED) is 0.571. The average molecular weight is 370 g/mol. The summed E-state index contributed by atoms with van der Waals surface area (Å²) in [5.41, 5.74) is 5.05. The predicted octanol–water partition coefficient (Wildman–Crippen LogP) is 5.31. The Balaban J connectivity index is 1.78. The standard InChI is InChI=1S/C25H22O3/c1-27-20-12-7-18(8-13-20)23-16-11-17-5-3-4-6-22(17)24(23)25(26)19-9-14-21(28-2)15-10-19/h3-10,12-16,24H,11H2,1-2H3. The first-order chi connectivity index (χ1) is 13.7. The van der Waals surface area contributed by atoms with Gasteiger partial charge in [0.15, 0.2) is 5.78 Å². The van der Waals surface area contributed by atoms with Gasteiger partial charge in [-0.1, -0.05) is 42.5 Å². The van der Waals surface area contributed by atoms with Gasteiger partial charge in [-0.05, 0) is 65.1 Å². The Morgan fingerprint density at radius 1 is 0.821 bits per heavy atom. The van der Waals surface area contributed by atoms with Crippen molar-refractivity contribution in [3.8, 4) is 11.5 Å². The second-order valence-electron chi connectivity index (χ2n) is 6.82. The molecule has 0 saturated carbocycles. The molecule has 0 N–H and O–H groups in total. The van der Waals surface area contributed by atoms with E-state index < -0.39 is 0 Å². The number of carbonyl (C=O) groups is 1. The molecule has 3 aromatic carbocycles. The zero-order valence-electron chi connectivity index (χ0n) is 16.0. The fourth-order valence-electron chi connectivity index (χ4n) is 3.78. The van der Waals surface area contributed by atoms with Crippen molar-refractivity contribution in [2.75, 3.05) is 14.2 Å². The second-order valence-corrected chi connectivity index (χ2v) is 6.82. The van der Waals surface area contributed by atoms with Crippen molar-refractivity contribution in [3.63, 3.8) is 0 Å². The summed E-state index contributed by atoms with van der Waals surface area (Å²) in [4.78, 5) is 13.6. The monoisotopic (exact) mass is 370 g/mol. The molecule has 0 aliphatic heterocycles. The Labute approximate surface area is 165 Å². The molecular formula is C25H22O3. The molecule has 140 valence electrons. The van der Waals surface area contributed by atoms with Gasteiger partial charge in [0.25, 0.3) is 0 Å². The van der Waals surface area contributed by atoms with Crippen molar-refractivity contribution < 1.29 is 14.3 Å². The first-order valence-corrected chi connectivity index (χ1v) is 9.32. The van der Waals surface area contributed by atoms with Crippen molar-refractivity contribution in [2.24, 2.45) is 0 Å². The van der Waals surface area contributed by atoms with Crippen LogP contribution in [0.1, 0.15) is 33.0 Å². The second kappa shape index (κ2) is 7.73. The van der Waals surface area contributed by atoms with Crippen molar-refractivity contribution in [1.82, 2.24) is 0 Å². The summed E-state index contributed by atoms with van der Waals surface area (Å²) in [6.07, 6.45) is 3.00. The van der Waals surface area contributed by atoms with E-state index in [9.17, 15) is 4.79 Å². The number of ether oxygens (including phenoxy) is 2. The number of ketones is 1. The highest BCUT2D eigenvalue weighted by atomic mass is 16.5. The van der Waals surface area contributed by atoms with Gasteiger partial charge >= 0.3 is 0 Å². The van der Waals surface area contributed by atoms with Crippen molar-refractivity contribution >= 4 is 11.4 Å². The van der Waals surface area contributed by atoms with Gasteiger partial charge < -0.3 is 9.47 Å². The number of rotatable bonds is 5. The van der Waals surface area contributed by atoms with E-state index in [0.29, 0.717) is 5.56 Å². The van der Waals surface area contributed by atoms with Gasteiger partial charge in [-0.15, -0.1) is 0 Å². The Hall–Kier alpha value is -3.33. The molecule has 0 bridgehead atoms. The van der Waals surface area contributed by atoms with E-state index in [1.807, 2.05) is 60.7 Å². The third-order valence-corrected chi connectivity index (χ3v) is 5.28. The van der Waals surface area contributed by atoms with Gasteiger partial charge in [-0.25, -0.2) is 0 Å². The Morgan fingerprint density at radius 2 is 1.43 bits per heavy atom. The van der Waals surface area contributed by atoms with E-state index >= 15 is 0 Å². The van der Waals surface area contributed by atoms with Gasteiger partial charge in [-0.3, -0.25) is 4.79 Å². The molecule has 4 rings (SSSR count). The normalized spacial score (nSPS) is 15.4. The highest BCUT2D eigenvalue weighted by Crippen LogP contribution is 2.40. The van der Waals surface area contributed by atoms with Crippen LogP contribution in [-0.4, -0.2) is 20.0 Å². The zero-order chi connectivity index (χ0) is 19.5. The third-order valence-electron chi connectivity index (χ3n) is 5.28. The summed E-state index contributed by atoms with van der Waals surface area (Å²) >= 11 is 0. The van der Waals surface area contributed by atoms with Crippen LogP contribution in [0.25, 0.3) is 5.57 Å². The molecule has 3 nitrogen and oxygen atoms in total. The number of fused-ring (bicyclic) bond motifs is 1. The lowest BCUT2D eigenvalue weighted by molar-refractivity contribution is 0.0979. The molecule has 1 atom stereocenters. The number of hydrogen-bond acceptors (Lipinski definition) is 3. The maximum absolute atomic E-state index is 13.6. The molecular weight excluding hydrogens is 348 g/mol. The maximum Gasteiger partial charge on any atom is 0.174 e. The summed E-state index contributed by atoms with van der Waals surface area (Å²) in [6.45, 7) is 0. The highest BCUT2D eigenvalue weighted by Gasteiger charge is 2.31. The molecule has 0 saturated heterocycles. The van der Waals surface area contributed by atoms with E-state index in [0.717, 1.165) is 34.6 Å². The fraction of sp³-hybridized carbons (Fsp3) is 0.160. The third kappa shape index (κ3) is 3.31. The van der Waals surface area contributed by atoms with Crippen LogP contribution >= 0.6 is 0 Å². The van der Waals surface area contributed by atoms with E-state index in [1.165, 1.54) is 5.56 Å². The van der Waals surface area contributed by atoms with Gasteiger partial charge in [-0.2, -0.15) is 0 Å². The molecule has 0 radical (unpaired) electrons. The molecule has 0 spiro atoms. The molecule has 0 heterocycles. The minimum Gasteiger partial charge on any atom is -0.497 e. The van der Waals surface area contributed by atoms with Gasteiger partial charge in [0.1, 0.15) is 11.5 Å². The SMILES string of the molecule is COc1ccc(C(=O)C2C(c3ccc(OC)cc3)=CCc3ccccc32)cc1. The van der Waals surface area contributed by atoms with E-state index in [1.54, 1.807) is 14.2 Å². The largest absolute Gasteiger partial charge is 0.497 e. The lowest BCUT2D eigenvalue weighted by atomic mass is 9.75. The lowest BCUT2D eigenvalue weighted by Gasteiger charge is -2.27. The molecule has 0 amide bonds. The first-order valence-electron chi connectivity index (χ1n) is 9.32.